The summed E-state index contributed by atoms with van der Waals surface area (Å²) < 4.78 is 0. The van der Waals surface area contributed by atoms with Crippen molar-refractivity contribution in [2.45, 2.75) is 19.4 Å². The highest BCUT2D eigenvalue weighted by Crippen LogP contribution is 2.21. The molecule has 2 rings (SSSR count). The zero-order valence-electron chi connectivity index (χ0n) is 7.36. The second-order valence-electron chi connectivity index (χ2n) is 3.04. The molecule has 0 fully saturated rings. The van der Waals surface area contributed by atoms with E-state index >= 15 is 0 Å². The fourth-order valence-corrected chi connectivity index (χ4v) is 2.77. The molecule has 0 spiro atoms. The van der Waals surface area contributed by atoms with Gasteiger partial charge in [-0.1, -0.05) is 0 Å². The molecule has 3 nitrogen and oxygen atoms in total. The quantitative estimate of drug-likeness (QED) is 0.815. The first-order chi connectivity index (χ1) is 6.24. The number of rotatable bonds is 2. The van der Waals surface area contributed by atoms with Gasteiger partial charge < -0.3 is 5.73 Å². The molecule has 5 heteroatoms. The third-order valence-corrected chi connectivity index (χ3v) is 3.71. The van der Waals surface area contributed by atoms with Crippen LogP contribution in [0.1, 0.15) is 12.6 Å². The summed E-state index contributed by atoms with van der Waals surface area (Å²) in [6.07, 6.45) is 0.850. The topological polar surface area (TPSA) is 51.3 Å². The van der Waals surface area contributed by atoms with Crippen molar-refractivity contribution in [2.75, 3.05) is 11.5 Å². The van der Waals surface area contributed by atoms with Crippen LogP contribution >= 0.6 is 23.1 Å². The first-order valence-electron chi connectivity index (χ1n) is 4.13. The van der Waals surface area contributed by atoms with E-state index < -0.39 is 0 Å². The minimum absolute atomic E-state index is 0.469. The van der Waals surface area contributed by atoms with E-state index in [1.165, 1.54) is 16.4 Å². The standard InChI is InChI=1S/C8H11N3S2/c1-5-3-12-7(10-5)2-6-4-13-8(9)11-6/h4-5H,2-3H2,1H3,(H2,9,11). The van der Waals surface area contributed by atoms with E-state index in [-0.39, 0.29) is 0 Å². The smallest absolute Gasteiger partial charge is 0.180 e. The van der Waals surface area contributed by atoms with Crippen molar-refractivity contribution >= 4 is 33.3 Å². The molecule has 13 heavy (non-hydrogen) atoms. The average Bonchev–Trinajstić information content (AvgIpc) is 2.62. The van der Waals surface area contributed by atoms with Crippen LogP contribution in [0, 0.1) is 0 Å². The van der Waals surface area contributed by atoms with E-state index in [0.29, 0.717) is 11.2 Å². The van der Waals surface area contributed by atoms with Gasteiger partial charge in [0.2, 0.25) is 0 Å². The molecule has 1 unspecified atom stereocenters. The number of aromatic nitrogens is 1. The Balaban J connectivity index is 2.02. The number of hydrogen-bond acceptors (Lipinski definition) is 5. The van der Waals surface area contributed by atoms with Crippen LogP contribution in [-0.4, -0.2) is 21.8 Å². The molecular formula is C8H11N3S2. The van der Waals surface area contributed by atoms with Crippen LogP contribution in [0.25, 0.3) is 0 Å². The summed E-state index contributed by atoms with van der Waals surface area (Å²) in [5.74, 6) is 1.11. The molecule has 1 aromatic heterocycles. The Morgan fingerprint density at radius 2 is 2.54 bits per heavy atom. The molecule has 0 saturated heterocycles. The molecule has 0 radical (unpaired) electrons. The normalized spacial score (nSPS) is 21.9. The third kappa shape index (κ3) is 2.22. The first kappa shape index (κ1) is 9.02. The molecule has 70 valence electrons. The van der Waals surface area contributed by atoms with Crippen LogP contribution in [0.2, 0.25) is 0 Å². The summed E-state index contributed by atoms with van der Waals surface area (Å²) in [7, 11) is 0. The molecule has 2 heterocycles. The van der Waals surface area contributed by atoms with Gasteiger partial charge in [-0.15, -0.1) is 23.1 Å². The second kappa shape index (κ2) is 3.67. The van der Waals surface area contributed by atoms with Crippen LogP contribution in [-0.2, 0) is 6.42 Å². The molecule has 2 N–H and O–H groups in total. The monoisotopic (exact) mass is 213 g/mol. The Kier molecular flexibility index (Phi) is 2.55. The average molecular weight is 213 g/mol. The third-order valence-electron chi connectivity index (χ3n) is 1.76. The molecular weight excluding hydrogens is 202 g/mol. The summed E-state index contributed by atoms with van der Waals surface area (Å²) >= 11 is 3.32. The van der Waals surface area contributed by atoms with Crippen LogP contribution in [0.3, 0.4) is 0 Å². The first-order valence-corrected chi connectivity index (χ1v) is 6.00. The zero-order chi connectivity index (χ0) is 9.26. The number of nitrogens with zero attached hydrogens (tertiary/aromatic N) is 2. The van der Waals surface area contributed by atoms with Gasteiger partial charge in [0.25, 0.3) is 0 Å². The summed E-state index contributed by atoms with van der Waals surface area (Å²) in [5, 5.41) is 3.84. The minimum atomic E-state index is 0.469. The number of thiazole rings is 1. The lowest BCUT2D eigenvalue weighted by molar-refractivity contribution is 0.862. The van der Waals surface area contributed by atoms with E-state index in [1.54, 1.807) is 0 Å². The van der Waals surface area contributed by atoms with Gasteiger partial charge in [0.05, 0.1) is 16.8 Å². The van der Waals surface area contributed by atoms with Crippen molar-refractivity contribution in [3.8, 4) is 0 Å². The number of aliphatic imine (C=N–C) groups is 1. The number of thioether (sulfide) groups is 1. The lowest BCUT2D eigenvalue weighted by atomic mass is 10.3. The van der Waals surface area contributed by atoms with Gasteiger partial charge in [0, 0.05) is 17.6 Å². The van der Waals surface area contributed by atoms with Gasteiger partial charge in [0.1, 0.15) is 0 Å². The molecule has 0 aromatic carbocycles. The number of hydrogen-bond donors (Lipinski definition) is 1. The second-order valence-corrected chi connectivity index (χ2v) is 5.02. The van der Waals surface area contributed by atoms with Crippen LogP contribution in [0.4, 0.5) is 5.13 Å². The van der Waals surface area contributed by atoms with Gasteiger partial charge in [-0.05, 0) is 6.92 Å². The molecule has 0 amide bonds. The molecule has 1 aliphatic heterocycles. The summed E-state index contributed by atoms with van der Waals surface area (Å²) in [6.45, 7) is 2.13. The van der Waals surface area contributed by atoms with E-state index in [4.69, 9.17) is 5.73 Å². The molecule has 0 bridgehead atoms. The van der Waals surface area contributed by atoms with Crippen molar-refractivity contribution in [1.82, 2.24) is 4.98 Å². The summed E-state index contributed by atoms with van der Waals surface area (Å²) in [4.78, 5) is 8.70. The van der Waals surface area contributed by atoms with Gasteiger partial charge in [-0.2, -0.15) is 0 Å². The van der Waals surface area contributed by atoms with E-state index in [2.05, 4.69) is 16.9 Å². The van der Waals surface area contributed by atoms with Crippen molar-refractivity contribution in [3.63, 3.8) is 0 Å². The summed E-state index contributed by atoms with van der Waals surface area (Å²) in [6, 6.07) is 0.469. The Morgan fingerprint density at radius 1 is 1.69 bits per heavy atom. The summed E-state index contributed by atoms with van der Waals surface area (Å²) in [5.41, 5.74) is 6.59. The molecule has 0 aliphatic carbocycles. The zero-order valence-corrected chi connectivity index (χ0v) is 8.99. The fourth-order valence-electron chi connectivity index (χ4n) is 1.19. The Labute approximate surface area is 85.5 Å². The van der Waals surface area contributed by atoms with Crippen molar-refractivity contribution < 1.29 is 0 Å². The number of anilines is 1. The highest BCUT2D eigenvalue weighted by molar-refractivity contribution is 8.14. The van der Waals surface area contributed by atoms with Crippen molar-refractivity contribution in [1.29, 1.82) is 0 Å². The van der Waals surface area contributed by atoms with Crippen molar-refractivity contribution in [2.24, 2.45) is 4.99 Å². The van der Waals surface area contributed by atoms with Crippen LogP contribution < -0.4 is 5.73 Å². The largest absolute Gasteiger partial charge is 0.375 e. The fraction of sp³-hybridized carbons (Fsp3) is 0.500. The maximum atomic E-state index is 5.54. The molecule has 1 aromatic rings. The minimum Gasteiger partial charge on any atom is -0.375 e. The predicted molar refractivity (Wildman–Crippen MR) is 59.6 cm³/mol. The van der Waals surface area contributed by atoms with Gasteiger partial charge in [-0.25, -0.2) is 4.98 Å². The van der Waals surface area contributed by atoms with Gasteiger partial charge in [0.15, 0.2) is 5.13 Å². The van der Waals surface area contributed by atoms with Crippen LogP contribution in [0.5, 0.6) is 0 Å². The highest BCUT2D eigenvalue weighted by atomic mass is 32.2. The Hall–Kier alpha value is -0.550. The lowest BCUT2D eigenvalue weighted by Gasteiger charge is -1.93. The van der Waals surface area contributed by atoms with Gasteiger partial charge >= 0.3 is 0 Å². The van der Waals surface area contributed by atoms with Crippen LogP contribution in [0.15, 0.2) is 10.4 Å². The predicted octanol–water partition coefficient (Wildman–Crippen LogP) is 1.80. The SMILES string of the molecule is CC1CSC(Cc2csc(N)n2)=N1. The van der Waals surface area contributed by atoms with E-state index in [9.17, 15) is 0 Å². The lowest BCUT2D eigenvalue weighted by Crippen LogP contribution is -1.96. The van der Waals surface area contributed by atoms with Gasteiger partial charge in [-0.3, -0.25) is 4.99 Å². The maximum absolute atomic E-state index is 5.54. The van der Waals surface area contributed by atoms with E-state index in [0.717, 1.165) is 17.9 Å². The molecule has 1 atom stereocenters. The number of nitrogen functional groups attached to an aromatic ring is 1. The number of nitrogens with two attached hydrogens (primary N) is 1. The van der Waals surface area contributed by atoms with E-state index in [1.807, 2.05) is 17.1 Å². The maximum Gasteiger partial charge on any atom is 0.180 e. The highest BCUT2D eigenvalue weighted by Gasteiger charge is 2.14. The van der Waals surface area contributed by atoms with Crippen molar-refractivity contribution in [3.05, 3.63) is 11.1 Å². The molecule has 0 saturated carbocycles. The Morgan fingerprint density at radius 3 is 3.08 bits per heavy atom. The Bertz CT molecular complexity index is 332. The molecule has 1 aliphatic rings.